The molecule has 1 amide bonds. The molecule has 0 aromatic carbocycles. The lowest BCUT2D eigenvalue weighted by Gasteiger charge is -2.09. The van der Waals surface area contributed by atoms with Crippen LogP contribution in [0.4, 0.5) is 0 Å². The largest absolute Gasteiger partial charge is 0.391 e. The van der Waals surface area contributed by atoms with Gasteiger partial charge in [-0.05, 0) is 25.7 Å². The Morgan fingerprint density at radius 3 is 3.06 bits per heavy atom. The van der Waals surface area contributed by atoms with E-state index in [-0.39, 0.29) is 12.0 Å². The minimum Gasteiger partial charge on any atom is -0.391 e. The van der Waals surface area contributed by atoms with Gasteiger partial charge in [-0.2, -0.15) is 0 Å². The first-order valence-electron chi connectivity index (χ1n) is 5.51. The quantitative estimate of drug-likeness (QED) is 0.803. The third-order valence-electron chi connectivity index (χ3n) is 2.68. The molecule has 0 spiro atoms. The Kier molecular flexibility index (Phi) is 3.56. The molecule has 1 unspecified atom stereocenters. The summed E-state index contributed by atoms with van der Waals surface area (Å²) < 4.78 is 0. The zero-order valence-corrected chi connectivity index (χ0v) is 10.1. The maximum absolute atomic E-state index is 11.5. The van der Waals surface area contributed by atoms with Crippen LogP contribution in [0.25, 0.3) is 0 Å². The topological polar surface area (TPSA) is 62.2 Å². The van der Waals surface area contributed by atoms with E-state index in [0.29, 0.717) is 18.9 Å². The first-order valence-corrected chi connectivity index (χ1v) is 6.39. The van der Waals surface area contributed by atoms with Gasteiger partial charge in [-0.25, -0.2) is 4.98 Å². The molecular formula is C11H16N2O2S. The molecule has 88 valence electrons. The van der Waals surface area contributed by atoms with Crippen molar-refractivity contribution < 1.29 is 9.90 Å². The summed E-state index contributed by atoms with van der Waals surface area (Å²) >= 11 is 1.55. The minimum absolute atomic E-state index is 0.0648. The number of rotatable bonds is 5. The highest BCUT2D eigenvalue weighted by molar-refractivity contribution is 7.09. The first-order chi connectivity index (χ1) is 7.65. The third-order valence-corrected chi connectivity index (χ3v) is 3.51. The maximum atomic E-state index is 11.5. The number of thiazole rings is 1. The number of aliphatic hydroxyl groups is 1. The number of carbonyl (C=O) groups excluding carboxylic acids is 1. The molecule has 1 fully saturated rings. The summed E-state index contributed by atoms with van der Waals surface area (Å²) in [5, 5.41) is 15.2. The molecule has 2 rings (SSSR count). The SMILES string of the molecule is Cc1nc(CC(=O)NCC(O)C2CC2)cs1. The Hall–Kier alpha value is -0.940. The molecule has 1 saturated carbocycles. The average Bonchev–Trinajstić information content (AvgIpc) is 3.01. The Labute approximate surface area is 98.7 Å². The van der Waals surface area contributed by atoms with Gasteiger partial charge in [-0.1, -0.05) is 0 Å². The average molecular weight is 240 g/mol. The van der Waals surface area contributed by atoms with Gasteiger partial charge >= 0.3 is 0 Å². The lowest BCUT2D eigenvalue weighted by molar-refractivity contribution is -0.121. The smallest absolute Gasteiger partial charge is 0.226 e. The van der Waals surface area contributed by atoms with E-state index in [1.165, 1.54) is 0 Å². The predicted molar refractivity (Wildman–Crippen MR) is 62.3 cm³/mol. The molecule has 0 bridgehead atoms. The second-order valence-corrected chi connectivity index (χ2v) is 5.31. The molecule has 0 saturated heterocycles. The molecule has 1 aromatic heterocycles. The van der Waals surface area contributed by atoms with Gasteiger partial charge in [0, 0.05) is 11.9 Å². The molecule has 1 aromatic rings. The number of hydrogen-bond donors (Lipinski definition) is 2. The summed E-state index contributed by atoms with van der Waals surface area (Å²) in [6, 6.07) is 0. The van der Waals surface area contributed by atoms with E-state index in [4.69, 9.17) is 0 Å². The summed E-state index contributed by atoms with van der Waals surface area (Å²) in [4.78, 5) is 15.7. The zero-order chi connectivity index (χ0) is 11.5. The normalized spacial score (nSPS) is 17.1. The second-order valence-electron chi connectivity index (χ2n) is 4.24. The van der Waals surface area contributed by atoms with E-state index in [9.17, 15) is 9.90 Å². The summed E-state index contributed by atoms with van der Waals surface area (Å²) in [6.07, 6.45) is 2.10. The van der Waals surface area contributed by atoms with E-state index < -0.39 is 0 Å². The highest BCUT2D eigenvalue weighted by Crippen LogP contribution is 2.32. The van der Waals surface area contributed by atoms with Gasteiger partial charge in [0.05, 0.1) is 23.2 Å². The van der Waals surface area contributed by atoms with Crippen LogP contribution < -0.4 is 5.32 Å². The molecule has 4 nitrogen and oxygen atoms in total. The van der Waals surface area contributed by atoms with E-state index >= 15 is 0 Å². The van der Waals surface area contributed by atoms with Crippen molar-refractivity contribution in [3.05, 3.63) is 16.1 Å². The van der Waals surface area contributed by atoms with Crippen LogP contribution >= 0.6 is 11.3 Å². The number of carbonyl (C=O) groups is 1. The predicted octanol–water partition coefficient (Wildman–Crippen LogP) is 0.881. The number of aromatic nitrogens is 1. The second kappa shape index (κ2) is 4.93. The molecule has 2 N–H and O–H groups in total. The summed E-state index contributed by atoms with van der Waals surface area (Å²) in [5.74, 6) is 0.340. The molecular weight excluding hydrogens is 224 g/mol. The van der Waals surface area contributed by atoms with Crippen molar-refractivity contribution in [1.82, 2.24) is 10.3 Å². The van der Waals surface area contributed by atoms with Gasteiger partial charge < -0.3 is 10.4 Å². The maximum Gasteiger partial charge on any atom is 0.226 e. The van der Waals surface area contributed by atoms with E-state index in [1.54, 1.807) is 11.3 Å². The number of nitrogens with one attached hydrogen (secondary N) is 1. The van der Waals surface area contributed by atoms with Gasteiger partial charge in [0.2, 0.25) is 5.91 Å². The van der Waals surface area contributed by atoms with E-state index in [2.05, 4.69) is 10.3 Å². The molecule has 5 heteroatoms. The minimum atomic E-state index is -0.374. The zero-order valence-electron chi connectivity index (χ0n) is 9.27. The van der Waals surface area contributed by atoms with Gasteiger partial charge in [0.1, 0.15) is 0 Å². The van der Waals surface area contributed by atoms with Crippen LogP contribution in [0.5, 0.6) is 0 Å². The summed E-state index contributed by atoms with van der Waals surface area (Å²) in [6.45, 7) is 2.29. The Balaban J connectivity index is 1.71. The van der Waals surface area contributed by atoms with Crippen molar-refractivity contribution in [3.63, 3.8) is 0 Å². The molecule has 0 radical (unpaired) electrons. The molecule has 1 atom stereocenters. The Morgan fingerprint density at radius 1 is 1.75 bits per heavy atom. The van der Waals surface area contributed by atoms with Crippen LogP contribution in [0.3, 0.4) is 0 Å². The Morgan fingerprint density at radius 2 is 2.50 bits per heavy atom. The standard InChI is InChI=1S/C11H16N2O2S/c1-7-13-9(6-16-7)4-11(15)12-5-10(14)8-2-3-8/h6,8,10,14H,2-5H2,1H3,(H,12,15). The van der Waals surface area contributed by atoms with Gasteiger partial charge in [0.25, 0.3) is 0 Å². The van der Waals surface area contributed by atoms with Crippen LogP contribution in [0.15, 0.2) is 5.38 Å². The molecule has 16 heavy (non-hydrogen) atoms. The van der Waals surface area contributed by atoms with Crippen molar-refractivity contribution in [1.29, 1.82) is 0 Å². The van der Waals surface area contributed by atoms with Crippen LogP contribution in [-0.4, -0.2) is 28.6 Å². The highest BCUT2D eigenvalue weighted by Gasteiger charge is 2.29. The molecule has 1 heterocycles. The van der Waals surface area contributed by atoms with Crippen molar-refractivity contribution in [2.45, 2.75) is 32.3 Å². The monoisotopic (exact) mass is 240 g/mol. The van der Waals surface area contributed by atoms with Crippen molar-refractivity contribution in [3.8, 4) is 0 Å². The Bertz CT molecular complexity index is 374. The van der Waals surface area contributed by atoms with Gasteiger partial charge in [-0.3, -0.25) is 4.79 Å². The fourth-order valence-corrected chi connectivity index (χ4v) is 2.20. The highest BCUT2D eigenvalue weighted by atomic mass is 32.1. The van der Waals surface area contributed by atoms with Crippen LogP contribution in [0, 0.1) is 12.8 Å². The van der Waals surface area contributed by atoms with E-state index in [1.807, 2.05) is 12.3 Å². The van der Waals surface area contributed by atoms with Crippen molar-refractivity contribution >= 4 is 17.2 Å². The van der Waals surface area contributed by atoms with Crippen molar-refractivity contribution in [2.24, 2.45) is 5.92 Å². The van der Waals surface area contributed by atoms with Crippen LogP contribution in [0.2, 0.25) is 0 Å². The van der Waals surface area contributed by atoms with Crippen LogP contribution in [-0.2, 0) is 11.2 Å². The summed E-state index contributed by atoms with van der Waals surface area (Å²) in [5.41, 5.74) is 0.806. The fraction of sp³-hybridized carbons (Fsp3) is 0.636. The molecule has 0 aliphatic heterocycles. The number of amides is 1. The molecule has 1 aliphatic rings. The van der Waals surface area contributed by atoms with Crippen LogP contribution in [0.1, 0.15) is 23.5 Å². The first kappa shape index (κ1) is 11.5. The number of aliphatic hydroxyl groups excluding tert-OH is 1. The third kappa shape index (κ3) is 3.28. The number of hydrogen-bond acceptors (Lipinski definition) is 4. The lowest BCUT2D eigenvalue weighted by Crippen LogP contribution is -2.34. The fourth-order valence-electron chi connectivity index (χ4n) is 1.58. The summed E-state index contributed by atoms with van der Waals surface area (Å²) in [7, 11) is 0. The number of aryl methyl sites for hydroxylation is 1. The lowest BCUT2D eigenvalue weighted by atomic mass is 10.2. The van der Waals surface area contributed by atoms with Gasteiger partial charge in [-0.15, -0.1) is 11.3 Å². The number of nitrogens with zero attached hydrogens (tertiary/aromatic N) is 1. The van der Waals surface area contributed by atoms with Gasteiger partial charge in [0.15, 0.2) is 0 Å². The van der Waals surface area contributed by atoms with E-state index in [0.717, 1.165) is 23.5 Å². The van der Waals surface area contributed by atoms with Crippen molar-refractivity contribution in [2.75, 3.05) is 6.54 Å². The molecule has 1 aliphatic carbocycles.